The van der Waals surface area contributed by atoms with Crippen LogP contribution in [-0.4, -0.2) is 111 Å². The van der Waals surface area contributed by atoms with Crippen LogP contribution in [0, 0.1) is 5.92 Å². The third-order valence-electron chi connectivity index (χ3n) is 6.34. The van der Waals surface area contributed by atoms with Crippen molar-refractivity contribution in [3.05, 3.63) is 11.9 Å². The maximum absolute atomic E-state index is 12.4. The molecule has 2 amide bonds. The van der Waals surface area contributed by atoms with Crippen LogP contribution in [0.15, 0.2) is 6.20 Å². The van der Waals surface area contributed by atoms with Crippen LogP contribution in [0.1, 0.15) is 51.8 Å². The van der Waals surface area contributed by atoms with Gasteiger partial charge < -0.3 is 25.7 Å². The molecule has 3 heterocycles. The van der Waals surface area contributed by atoms with Crippen LogP contribution in [-0.2, 0) is 16.1 Å². The highest BCUT2D eigenvalue weighted by Gasteiger charge is 2.39. The van der Waals surface area contributed by atoms with Crippen molar-refractivity contribution in [1.82, 2.24) is 35.4 Å². The number of hydrogen-bond donors (Lipinski definition) is 4. The summed E-state index contributed by atoms with van der Waals surface area (Å²) in [5, 5.41) is 29.5. The van der Waals surface area contributed by atoms with Gasteiger partial charge in [0.2, 0.25) is 0 Å². The molecule has 4 N–H and O–H groups in total. The number of carboxylic acid groups (broad SMARTS) is 2. The van der Waals surface area contributed by atoms with E-state index in [1.807, 2.05) is 9.58 Å². The zero-order chi connectivity index (χ0) is 31.4. The number of nitrogens with zero attached hydrogens (tertiary/aromatic N) is 5. The summed E-state index contributed by atoms with van der Waals surface area (Å²) >= 11 is 0. The van der Waals surface area contributed by atoms with Gasteiger partial charge in [-0.15, -0.1) is 5.10 Å². The molecule has 2 saturated heterocycles. The molecule has 0 aliphatic carbocycles. The van der Waals surface area contributed by atoms with E-state index in [0.29, 0.717) is 12.0 Å². The Kier molecular flexibility index (Phi) is 14.3. The van der Waals surface area contributed by atoms with Crippen molar-refractivity contribution in [2.75, 3.05) is 39.3 Å². The standard InChI is InChI=1S/C19H35N7O.2C2HF3O2/c1-15(2)16(3)21-19(27)25-10-5-18(6-11-25)26-14-17(22-23-26)13-24-9-4-7-20-8-12-24;2*3-2(4,5)1(6)7/h14-16,18,20H,4-13H2,1-3H3,(H,21,27);2*(H,6,7)/t16-;;/m1../s1. The maximum Gasteiger partial charge on any atom is 0.490 e. The summed E-state index contributed by atoms with van der Waals surface area (Å²) in [6.45, 7) is 13.1. The summed E-state index contributed by atoms with van der Waals surface area (Å²) < 4.78 is 65.5. The van der Waals surface area contributed by atoms with Crippen LogP contribution >= 0.6 is 0 Å². The van der Waals surface area contributed by atoms with Gasteiger partial charge in [-0.25, -0.2) is 19.1 Å². The van der Waals surface area contributed by atoms with E-state index in [-0.39, 0.29) is 12.1 Å². The molecule has 3 rings (SSSR count). The Labute approximate surface area is 233 Å². The van der Waals surface area contributed by atoms with Crippen LogP contribution in [0.3, 0.4) is 0 Å². The van der Waals surface area contributed by atoms with Gasteiger partial charge in [0, 0.05) is 38.8 Å². The molecule has 0 aromatic carbocycles. The van der Waals surface area contributed by atoms with Gasteiger partial charge in [0.1, 0.15) is 0 Å². The van der Waals surface area contributed by atoms with E-state index in [1.165, 1.54) is 6.42 Å². The number of likely N-dealkylation sites (tertiary alicyclic amines) is 1. The Morgan fingerprint density at radius 3 is 2.00 bits per heavy atom. The monoisotopic (exact) mass is 605 g/mol. The second-order valence-corrected chi connectivity index (χ2v) is 9.88. The molecule has 1 atom stereocenters. The van der Waals surface area contributed by atoms with Crippen molar-refractivity contribution in [3.63, 3.8) is 0 Å². The number of carbonyl (C=O) groups is 3. The third kappa shape index (κ3) is 13.8. The minimum Gasteiger partial charge on any atom is -0.475 e. The molecule has 12 nitrogen and oxygen atoms in total. The molecule has 0 spiro atoms. The number of rotatable bonds is 5. The molecule has 236 valence electrons. The first-order valence-corrected chi connectivity index (χ1v) is 12.9. The zero-order valence-electron chi connectivity index (χ0n) is 23.0. The fourth-order valence-corrected chi connectivity index (χ4v) is 3.64. The van der Waals surface area contributed by atoms with E-state index in [4.69, 9.17) is 19.8 Å². The molecule has 0 saturated carbocycles. The molecule has 1 aromatic rings. The summed E-state index contributed by atoms with van der Waals surface area (Å²) in [5.74, 6) is -5.07. The highest BCUT2D eigenvalue weighted by Crippen LogP contribution is 2.22. The van der Waals surface area contributed by atoms with Crippen LogP contribution < -0.4 is 10.6 Å². The first kappa shape index (κ1) is 35.9. The van der Waals surface area contributed by atoms with Crippen molar-refractivity contribution < 1.29 is 50.9 Å². The van der Waals surface area contributed by atoms with Crippen LogP contribution in [0.5, 0.6) is 0 Å². The number of amides is 2. The van der Waals surface area contributed by atoms with Gasteiger partial charge in [-0.1, -0.05) is 19.1 Å². The SMILES string of the molecule is CC(C)[C@@H](C)NC(=O)N1CCC(n2cc(CN3CCCNCC3)nn2)CC1.O=C(O)C(F)(F)F.O=C(O)C(F)(F)F. The minimum absolute atomic E-state index is 0.0590. The largest absolute Gasteiger partial charge is 0.490 e. The lowest BCUT2D eigenvalue weighted by Gasteiger charge is -2.33. The van der Waals surface area contributed by atoms with Crippen LogP contribution in [0.2, 0.25) is 0 Å². The topological polar surface area (TPSA) is 153 Å². The van der Waals surface area contributed by atoms with Gasteiger partial charge in [0.05, 0.1) is 17.9 Å². The van der Waals surface area contributed by atoms with E-state index in [9.17, 15) is 31.1 Å². The fraction of sp³-hybridized carbons (Fsp3) is 0.783. The molecule has 2 fully saturated rings. The summed E-state index contributed by atoms with van der Waals surface area (Å²) in [6.07, 6.45) is -5.02. The van der Waals surface area contributed by atoms with Crippen molar-refractivity contribution in [1.29, 1.82) is 0 Å². The van der Waals surface area contributed by atoms with Gasteiger partial charge in [-0.05, 0) is 45.2 Å². The van der Waals surface area contributed by atoms with E-state index < -0.39 is 24.3 Å². The lowest BCUT2D eigenvalue weighted by Crippen LogP contribution is -2.48. The summed E-state index contributed by atoms with van der Waals surface area (Å²) in [7, 11) is 0. The predicted octanol–water partition coefficient (Wildman–Crippen LogP) is 2.73. The van der Waals surface area contributed by atoms with Gasteiger partial charge in [-0.3, -0.25) is 4.90 Å². The van der Waals surface area contributed by atoms with Crippen LogP contribution in [0.4, 0.5) is 31.1 Å². The van der Waals surface area contributed by atoms with Crippen molar-refractivity contribution in [2.24, 2.45) is 5.92 Å². The summed E-state index contributed by atoms with van der Waals surface area (Å²) in [4.78, 5) is 34.5. The van der Waals surface area contributed by atoms with Crippen molar-refractivity contribution >= 4 is 18.0 Å². The Hall–Kier alpha value is -3.15. The average Bonchev–Trinajstić information content (AvgIpc) is 3.18. The first-order chi connectivity index (χ1) is 18.9. The molecule has 0 bridgehead atoms. The van der Waals surface area contributed by atoms with Gasteiger partial charge >= 0.3 is 30.3 Å². The van der Waals surface area contributed by atoms with Crippen LogP contribution in [0.25, 0.3) is 0 Å². The quantitative estimate of drug-likeness (QED) is 0.371. The third-order valence-corrected chi connectivity index (χ3v) is 6.34. The molecule has 2 aliphatic rings. The number of carbonyl (C=O) groups excluding carboxylic acids is 1. The highest BCUT2D eigenvalue weighted by atomic mass is 19.4. The Bertz CT molecular complexity index is 933. The Balaban J connectivity index is 0.000000497. The second-order valence-electron chi connectivity index (χ2n) is 9.88. The molecular formula is C23H37F6N7O5. The average molecular weight is 606 g/mol. The Morgan fingerprint density at radius 2 is 1.51 bits per heavy atom. The van der Waals surface area contributed by atoms with Gasteiger partial charge in [0.25, 0.3) is 0 Å². The first-order valence-electron chi connectivity index (χ1n) is 12.9. The predicted molar refractivity (Wildman–Crippen MR) is 133 cm³/mol. The maximum atomic E-state index is 12.4. The Morgan fingerprint density at radius 1 is 0.976 bits per heavy atom. The van der Waals surface area contributed by atoms with E-state index in [0.717, 1.165) is 64.3 Å². The number of urea groups is 1. The number of nitrogens with one attached hydrogen (secondary N) is 2. The highest BCUT2D eigenvalue weighted by molar-refractivity contribution is 5.74. The van der Waals surface area contributed by atoms with E-state index in [2.05, 4.69) is 52.8 Å². The van der Waals surface area contributed by atoms with Gasteiger partial charge in [-0.2, -0.15) is 26.3 Å². The number of hydrogen-bond acceptors (Lipinski definition) is 7. The fourth-order valence-electron chi connectivity index (χ4n) is 3.64. The van der Waals surface area contributed by atoms with E-state index in [1.54, 1.807) is 0 Å². The second kappa shape index (κ2) is 16.3. The molecule has 41 heavy (non-hydrogen) atoms. The summed E-state index contributed by atoms with van der Waals surface area (Å²) in [5.41, 5.74) is 1.04. The zero-order valence-corrected chi connectivity index (χ0v) is 23.0. The normalized spacial score (nSPS) is 17.9. The number of carboxylic acids is 2. The number of piperidine rings is 1. The van der Waals surface area contributed by atoms with Crippen molar-refractivity contribution in [3.8, 4) is 0 Å². The molecule has 0 radical (unpaired) electrons. The molecule has 0 unspecified atom stereocenters. The lowest BCUT2D eigenvalue weighted by molar-refractivity contribution is -0.193. The number of halogens is 6. The van der Waals surface area contributed by atoms with E-state index >= 15 is 0 Å². The molecular weight excluding hydrogens is 568 g/mol. The molecule has 1 aromatic heterocycles. The van der Waals surface area contributed by atoms with Crippen molar-refractivity contribution in [2.45, 2.75) is 71.0 Å². The minimum atomic E-state index is -5.08. The number of aromatic nitrogens is 3. The smallest absolute Gasteiger partial charge is 0.475 e. The number of aliphatic carboxylic acids is 2. The summed E-state index contributed by atoms with van der Waals surface area (Å²) in [6, 6.07) is 0.592. The van der Waals surface area contributed by atoms with Gasteiger partial charge in [0.15, 0.2) is 0 Å². The molecule has 18 heteroatoms. The molecule has 2 aliphatic heterocycles. The lowest BCUT2D eigenvalue weighted by atomic mass is 10.0. The number of alkyl halides is 6.